The number of thiazole rings is 1. The summed E-state index contributed by atoms with van der Waals surface area (Å²) >= 11 is 1.55. The van der Waals surface area contributed by atoms with Gasteiger partial charge in [-0.05, 0) is 40.6 Å². The van der Waals surface area contributed by atoms with Gasteiger partial charge in [0.2, 0.25) is 0 Å². The summed E-state index contributed by atoms with van der Waals surface area (Å²) in [6.07, 6.45) is 0. The van der Waals surface area contributed by atoms with Crippen LogP contribution in [-0.4, -0.2) is 10.9 Å². The highest BCUT2D eigenvalue weighted by Gasteiger charge is 2.22. The fraction of sp³-hybridized carbons (Fsp3) is 0.0400. The molecule has 1 aromatic heterocycles. The second kappa shape index (κ2) is 7.49. The van der Waals surface area contributed by atoms with E-state index < -0.39 is 0 Å². The first-order valence-electron chi connectivity index (χ1n) is 9.48. The Hall–Kier alpha value is -3.50. The Labute approximate surface area is 172 Å². The first-order chi connectivity index (χ1) is 14.3. The number of carbonyl (C=O) groups is 1. The molecule has 29 heavy (non-hydrogen) atoms. The van der Waals surface area contributed by atoms with Gasteiger partial charge in [0.1, 0.15) is 0 Å². The zero-order valence-corrected chi connectivity index (χ0v) is 16.5. The van der Waals surface area contributed by atoms with Crippen LogP contribution in [0.1, 0.15) is 15.9 Å². The van der Waals surface area contributed by atoms with Crippen LogP contribution in [0.3, 0.4) is 0 Å². The van der Waals surface area contributed by atoms with Gasteiger partial charge in [-0.3, -0.25) is 9.69 Å². The lowest BCUT2D eigenvalue weighted by Gasteiger charge is -2.20. The highest BCUT2D eigenvalue weighted by Crippen LogP contribution is 2.31. The van der Waals surface area contributed by atoms with Crippen LogP contribution in [0.15, 0.2) is 97.1 Å². The predicted octanol–water partition coefficient (Wildman–Crippen LogP) is 6.30. The first-order valence-corrected chi connectivity index (χ1v) is 10.3. The Morgan fingerprint density at radius 1 is 0.793 bits per heavy atom. The van der Waals surface area contributed by atoms with Crippen LogP contribution in [0.25, 0.3) is 21.0 Å². The number of hydrogen-bond donors (Lipinski definition) is 0. The number of anilines is 1. The van der Waals surface area contributed by atoms with Crippen molar-refractivity contribution >= 4 is 43.4 Å². The van der Waals surface area contributed by atoms with E-state index in [0.29, 0.717) is 17.2 Å². The van der Waals surface area contributed by atoms with Gasteiger partial charge < -0.3 is 0 Å². The van der Waals surface area contributed by atoms with Gasteiger partial charge in [0.25, 0.3) is 5.91 Å². The average molecular weight is 394 g/mol. The highest BCUT2D eigenvalue weighted by molar-refractivity contribution is 7.22. The maximum atomic E-state index is 13.6. The molecule has 5 aromatic rings. The molecule has 1 heterocycles. The van der Waals surface area contributed by atoms with Crippen LogP contribution in [-0.2, 0) is 6.54 Å². The first kappa shape index (κ1) is 17.6. The van der Waals surface area contributed by atoms with Crippen molar-refractivity contribution in [2.75, 3.05) is 4.90 Å². The molecule has 0 saturated carbocycles. The summed E-state index contributed by atoms with van der Waals surface area (Å²) in [4.78, 5) is 20.1. The van der Waals surface area contributed by atoms with Gasteiger partial charge in [0.15, 0.2) is 5.13 Å². The summed E-state index contributed by atoms with van der Waals surface area (Å²) in [5.41, 5.74) is 2.65. The number of carbonyl (C=O) groups excluding carboxylic acids is 1. The molecule has 0 unspecified atom stereocenters. The molecule has 5 rings (SSSR count). The van der Waals surface area contributed by atoms with E-state index in [1.807, 2.05) is 91.0 Å². The standard InChI is InChI=1S/C25H18N2OS/c28-24(21-15-14-19-10-4-5-11-20(19)16-21)27(17-18-8-2-1-3-9-18)25-26-22-12-6-7-13-23(22)29-25/h1-16H,17H2. The molecular formula is C25H18N2OS. The smallest absolute Gasteiger partial charge is 0.260 e. The molecule has 0 saturated heterocycles. The third-order valence-corrected chi connectivity index (χ3v) is 6.00. The van der Waals surface area contributed by atoms with Crippen LogP contribution in [0.5, 0.6) is 0 Å². The van der Waals surface area contributed by atoms with Crippen molar-refractivity contribution in [3.63, 3.8) is 0 Å². The number of para-hydroxylation sites is 1. The molecule has 0 N–H and O–H groups in total. The summed E-state index contributed by atoms with van der Waals surface area (Å²) in [5.74, 6) is -0.0429. The number of aromatic nitrogens is 1. The Balaban J connectivity index is 1.58. The van der Waals surface area contributed by atoms with E-state index in [0.717, 1.165) is 26.6 Å². The third kappa shape index (κ3) is 3.50. The lowest BCUT2D eigenvalue weighted by Crippen LogP contribution is -2.30. The summed E-state index contributed by atoms with van der Waals surface area (Å²) < 4.78 is 1.08. The number of nitrogens with zero attached hydrogens (tertiary/aromatic N) is 2. The molecule has 3 nitrogen and oxygen atoms in total. The lowest BCUT2D eigenvalue weighted by atomic mass is 10.1. The van der Waals surface area contributed by atoms with E-state index in [9.17, 15) is 4.79 Å². The Morgan fingerprint density at radius 2 is 1.52 bits per heavy atom. The van der Waals surface area contributed by atoms with Gasteiger partial charge in [0.05, 0.1) is 16.8 Å². The van der Waals surface area contributed by atoms with Crippen LogP contribution < -0.4 is 4.90 Å². The van der Waals surface area contributed by atoms with Crippen LogP contribution in [0.4, 0.5) is 5.13 Å². The Morgan fingerprint density at radius 3 is 2.34 bits per heavy atom. The maximum Gasteiger partial charge on any atom is 0.260 e. The summed E-state index contributed by atoms with van der Waals surface area (Å²) in [7, 11) is 0. The molecule has 0 radical (unpaired) electrons. The molecule has 140 valence electrons. The maximum absolute atomic E-state index is 13.6. The van der Waals surface area contributed by atoms with E-state index >= 15 is 0 Å². The van der Waals surface area contributed by atoms with Crippen LogP contribution in [0.2, 0.25) is 0 Å². The van der Waals surface area contributed by atoms with Gasteiger partial charge in [-0.25, -0.2) is 4.98 Å². The Bertz CT molecular complexity index is 1280. The van der Waals surface area contributed by atoms with E-state index in [4.69, 9.17) is 4.98 Å². The lowest BCUT2D eigenvalue weighted by molar-refractivity contribution is 0.0985. The van der Waals surface area contributed by atoms with Crippen molar-refractivity contribution in [3.05, 3.63) is 108 Å². The predicted molar refractivity (Wildman–Crippen MR) is 121 cm³/mol. The molecule has 0 fully saturated rings. The van der Waals surface area contributed by atoms with Crippen molar-refractivity contribution in [2.45, 2.75) is 6.54 Å². The van der Waals surface area contributed by atoms with E-state index in [1.54, 1.807) is 16.2 Å². The average Bonchev–Trinajstić information content (AvgIpc) is 3.21. The van der Waals surface area contributed by atoms with Gasteiger partial charge in [-0.15, -0.1) is 0 Å². The van der Waals surface area contributed by atoms with Gasteiger partial charge in [-0.2, -0.15) is 0 Å². The van der Waals surface area contributed by atoms with Crippen molar-refractivity contribution in [1.29, 1.82) is 0 Å². The number of benzene rings is 4. The van der Waals surface area contributed by atoms with Crippen LogP contribution in [0, 0.1) is 0 Å². The van der Waals surface area contributed by atoms with Crippen molar-refractivity contribution in [2.24, 2.45) is 0 Å². The summed E-state index contributed by atoms with van der Waals surface area (Å²) in [6, 6.07) is 32.0. The van der Waals surface area contributed by atoms with E-state index in [1.165, 1.54) is 0 Å². The van der Waals surface area contributed by atoms with E-state index in [-0.39, 0.29) is 5.91 Å². The van der Waals surface area contributed by atoms with Gasteiger partial charge in [-0.1, -0.05) is 84.1 Å². The molecular weight excluding hydrogens is 376 g/mol. The number of hydrogen-bond acceptors (Lipinski definition) is 3. The zero-order chi connectivity index (χ0) is 19.6. The third-order valence-electron chi connectivity index (χ3n) is 4.94. The fourth-order valence-electron chi connectivity index (χ4n) is 3.45. The van der Waals surface area contributed by atoms with Gasteiger partial charge >= 0.3 is 0 Å². The summed E-state index contributed by atoms with van der Waals surface area (Å²) in [5, 5.41) is 2.90. The molecule has 0 aliphatic heterocycles. The topological polar surface area (TPSA) is 33.2 Å². The number of fused-ring (bicyclic) bond motifs is 2. The second-order valence-corrected chi connectivity index (χ2v) is 7.91. The monoisotopic (exact) mass is 394 g/mol. The molecule has 4 aromatic carbocycles. The van der Waals surface area contributed by atoms with Crippen LogP contribution >= 0.6 is 11.3 Å². The SMILES string of the molecule is O=C(c1ccc2ccccc2c1)N(Cc1ccccc1)c1nc2ccccc2s1. The number of amides is 1. The Kier molecular flexibility index (Phi) is 4.54. The van der Waals surface area contributed by atoms with Crippen molar-refractivity contribution in [3.8, 4) is 0 Å². The molecule has 0 spiro atoms. The normalized spacial score (nSPS) is 11.0. The fourth-order valence-corrected chi connectivity index (χ4v) is 4.41. The minimum atomic E-state index is -0.0429. The largest absolute Gasteiger partial charge is 0.279 e. The van der Waals surface area contributed by atoms with E-state index in [2.05, 4.69) is 6.07 Å². The summed E-state index contributed by atoms with van der Waals surface area (Å²) in [6.45, 7) is 0.478. The molecule has 0 aliphatic carbocycles. The van der Waals surface area contributed by atoms with Crippen molar-refractivity contribution < 1.29 is 4.79 Å². The highest BCUT2D eigenvalue weighted by atomic mass is 32.1. The quantitative estimate of drug-likeness (QED) is 0.358. The molecule has 1 amide bonds. The van der Waals surface area contributed by atoms with Gasteiger partial charge in [0, 0.05) is 5.56 Å². The molecule has 0 atom stereocenters. The minimum Gasteiger partial charge on any atom is -0.279 e. The molecule has 0 bridgehead atoms. The number of rotatable bonds is 4. The molecule has 4 heteroatoms. The second-order valence-electron chi connectivity index (χ2n) is 6.90. The zero-order valence-electron chi connectivity index (χ0n) is 15.7. The molecule has 0 aliphatic rings. The minimum absolute atomic E-state index is 0.0429. The van der Waals surface area contributed by atoms with Crippen molar-refractivity contribution in [1.82, 2.24) is 4.98 Å².